The number of hydrogen-bond acceptors (Lipinski definition) is 3. The largest absolute Gasteiger partial charge is 0.503 e. The Kier molecular flexibility index (Phi) is 3.83. The fourth-order valence-electron chi connectivity index (χ4n) is 4.68. The van der Waals surface area contributed by atoms with E-state index < -0.39 is 17.1 Å². The van der Waals surface area contributed by atoms with E-state index in [1.54, 1.807) is 10.8 Å². The van der Waals surface area contributed by atoms with E-state index in [9.17, 15) is 14.7 Å². The number of carbonyl (C=O) groups is 1. The molecule has 1 amide bonds. The van der Waals surface area contributed by atoms with Crippen LogP contribution in [0.4, 0.5) is 0 Å². The third-order valence-electron chi connectivity index (χ3n) is 5.98. The summed E-state index contributed by atoms with van der Waals surface area (Å²) in [5.41, 5.74) is 4.57. The highest BCUT2D eigenvalue weighted by Crippen LogP contribution is 2.42. The summed E-state index contributed by atoms with van der Waals surface area (Å²) in [6.45, 7) is 0.432. The molecule has 140 valence electrons. The van der Waals surface area contributed by atoms with E-state index in [1.807, 2.05) is 12.1 Å². The average Bonchev–Trinajstić information content (AvgIpc) is 2.88. The molecule has 0 fully saturated rings. The number of carbonyl (C=O) groups excluding carboxylic acids is 1. The minimum atomic E-state index is -0.538. The van der Waals surface area contributed by atoms with Crippen molar-refractivity contribution in [3.05, 3.63) is 99.0 Å². The Balaban J connectivity index is 1.77. The summed E-state index contributed by atoms with van der Waals surface area (Å²) in [4.78, 5) is 24.3. The van der Waals surface area contributed by atoms with E-state index >= 15 is 0 Å². The number of aromatic nitrogens is 1. The smallest absolute Gasteiger partial charge is 0.272 e. The molecule has 1 aromatic heterocycles. The molecule has 1 aliphatic heterocycles. The lowest BCUT2D eigenvalue weighted by atomic mass is 9.81. The van der Waals surface area contributed by atoms with E-state index in [-0.39, 0.29) is 17.7 Å². The van der Waals surface area contributed by atoms with Gasteiger partial charge in [0.15, 0.2) is 11.4 Å². The molecule has 0 bridgehead atoms. The Bertz CT molecular complexity index is 1100. The highest BCUT2D eigenvalue weighted by Gasteiger charge is 2.36. The van der Waals surface area contributed by atoms with E-state index in [2.05, 4.69) is 41.7 Å². The quantitative estimate of drug-likeness (QED) is 0.690. The molecule has 0 radical (unpaired) electrons. The van der Waals surface area contributed by atoms with Crippen molar-refractivity contribution in [3.8, 4) is 5.75 Å². The maximum absolute atomic E-state index is 12.4. The first kappa shape index (κ1) is 16.8. The van der Waals surface area contributed by atoms with Crippen molar-refractivity contribution < 1.29 is 9.90 Å². The molecule has 0 saturated carbocycles. The molecular weight excluding hydrogens is 352 g/mol. The number of aryl methyl sites for hydroxylation is 2. The van der Waals surface area contributed by atoms with Gasteiger partial charge in [-0.15, -0.1) is 0 Å². The summed E-state index contributed by atoms with van der Waals surface area (Å²) >= 11 is 0. The van der Waals surface area contributed by atoms with Crippen LogP contribution in [0.25, 0.3) is 0 Å². The average molecular weight is 372 g/mol. The summed E-state index contributed by atoms with van der Waals surface area (Å²) in [7, 11) is 0. The van der Waals surface area contributed by atoms with Gasteiger partial charge in [0.1, 0.15) is 0 Å². The third kappa shape index (κ3) is 2.47. The number of nitrogens with zero attached hydrogens (tertiary/aromatic N) is 1. The molecule has 5 nitrogen and oxygen atoms in total. The Hall–Kier alpha value is -3.34. The lowest BCUT2D eigenvalue weighted by Gasteiger charge is -2.36. The topological polar surface area (TPSA) is 71.3 Å². The Morgan fingerprint density at radius 2 is 1.50 bits per heavy atom. The van der Waals surface area contributed by atoms with Crippen molar-refractivity contribution in [3.63, 3.8) is 0 Å². The number of hydrogen-bond donors (Lipinski definition) is 2. The van der Waals surface area contributed by atoms with E-state index in [0.29, 0.717) is 6.54 Å². The second-order valence-electron chi connectivity index (χ2n) is 7.44. The van der Waals surface area contributed by atoms with Crippen molar-refractivity contribution in [1.29, 1.82) is 0 Å². The van der Waals surface area contributed by atoms with Crippen molar-refractivity contribution in [2.24, 2.45) is 0 Å². The first-order valence-electron chi connectivity index (χ1n) is 9.53. The Morgan fingerprint density at radius 1 is 0.893 bits per heavy atom. The predicted octanol–water partition coefficient (Wildman–Crippen LogP) is 2.77. The molecule has 5 rings (SSSR count). The lowest BCUT2D eigenvalue weighted by Crippen LogP contribution is -2.43. The number of aromatic hydroxyl groups is 1. The molecular formula is C23H20N2O3. The highest BCUT2D eigenvalue weighted by molar-refractivity contribution is 5.95. The van der Waals surface area contributed by atoms with Crippen molar-refractivity contribution in [2.45, 2.75) is 24.8 Å². The second kappa shape index (κ2) is 6.37. The van der Waals surface area contributed by atoms with Crippen LogP contribution in [0.3, 0.4) is 0 Å². The highest BCUT2D eigenvalue weighted by atomic mass is 16.3. The van der Waals surface area contributed by atoms with Crippen molar-refractivity contribution >= 4 is 5.91 Å². The minimum Gasteiger partial charge on any atom is -0.503 e. The van der Waals surface area contributed by atoms with Crippen LogP contribution in [0.15, 0.2) is 65.6 Å². The molecule has 28 heavy (non-hydrogen) atoms. The van der Waals surface area contributed by atoms with Crippen LogP contribution in [-0.4, -0.2) is 22.1 Å². The van der Waals surface area contributed by atoms with Gasteiger partial charge in [0.2, 0.25) is 5.43 Å². The molecule has 2 heterocycles. The van der Waals surface area contributed by atoms with E-state index in [0.717, 1.165) is 12.8 Å². The maximum Gasteiger partial charge on any atom is 0.272 e. The monoisotopic (exact) mass is 372 g/mol. The molecule has 2 N–H and O–H groups in total. The zero-order valence-corrected chi connectivity index (χ0v) is 15.3. The predicted molar refractivity (Wildman–Crippen MR) is 106 cm³/mol. The molecule has 0 spiro atoms. The summed E-state index contributed by atoms with van der Waals surface area (Å²) in [5.74, 6) is -0.891. The van der Waals surface area contributed by atoms with E-state index in [4.69, 9.17) is 0 Å². The van der Waals surface area contributed by atoms with Crippen LogP contribution < -0.4 is 10.7 Å². The molecule has 3 aromatic rings. The number of amides is 1. The van der Waals surface area contributed by atoms with Gasteiger partial charge in [-0.05, 0) is 35.1 Å². The van der Waals surface area contributed by atoms with Gasteiger partial charge in [-0.3, -0.25) is 9.59 Å². The van der Waals surface area contributed by atoms with Crippen LogP contribution >= 0.6 is 0 Å². The van der Waals surface area contributed by atoms with Crippen LogP contribution in [0.5, 0.6) is 5.75 Å². The molecule has 1 unspecified atom stereocenters. The van der Waals surface area contributed by atoms with Crippen LogP contribution in [-0.2, 0) is 12.8 Å². The molecule has 2 aromatic carbocycles. The lowest BCUT2D eigenvalue weighted by molar-refractivity contribution is 0.0905. The number of rotatable bonds is 1. The van der Waals surface area contributed by atoms with Gasteiger partial charge < -0.3 is 15.0 Å². The van der Waals surface area contributed by atoms with Gasteiger partial charge in [-0.1, -0.05) is 48.5 Å². The summed E-state index contributed by atoms with van der Waals surface area (Å²) in [6.07, 6.45) is 3.56. The first-order valence-corrected chi connectivity index (χ1v) is 9.53. The van der Waals surface area contributed by atoms with Gasteiger partial charge >= 0.3 is 0 Å². The summed E-state index contributed by atoms with van der Waals surface area (Å²) in [6, 6.07) is 18.0. The maximum atomic E-state index is 12.4. The first-order chi connectivity index (χ1) is 13.6. The standard InChI is InChI=1S/C23H20N2O3/c26-19-11-12-25-18(13-24-23(28)21(25)22(19)27)20-16-7-3-1-5-14(16)9-10-15-6-2-4-8-17(15)20/h1-8,11-12,18,20,27H,9-10,13H2,(H,24,28). The van der Waals surface area contributed by atoms with Crippen LogP contribution in [0.1, 0.15) is 44.7 Å². The normalized spacial score (nSPS) is 18.4. The Labute approximate surface area is 162 Å². The minimum absolute atomic E-state index is 0.0103. The van der Waals surface area contributed by atoms with E-state index in [1.165, 1.54) is 28.3 Å². The molecule has 2 aliphatic rings. The van der Waals surface area contributed by atoms with Gasteiger partial charge in [-0.2, -0.15) is 0 Å². The number of fused-ring (bicyclic) bond motifs is 3. The van der Waals surface area contributed by atoms with Crippen LogP contribution in [0, 0.1) is 0 Å². The van der Waals surface area contributed by atoms with Crippen molar-refractivity contribution in [2.75, 3.05) is 6.54 Å². The fourth-order valence-corrected chi connectivity index (χ4v) is 4.68. The zero-order valence-electron chi connectivity index (χ0n) is 15.3. The van der Waals surface area contributed by atoms with Crippen molar-refractivity contribution in [1.82, 2.24) is 9.88 Å². The van der Waals surface area contributed by atoms with Gasteiger partial charge in [-0.25, -0.2) is 0 Å². The SMILES string of the molecule is O=C1NCC(C2c3ccccc3CCc3ccccc32)n2ccc(=O)c(O)c21. The number of pyridine rings is 1. The number of benzene rings is 2. The van der Waals surface area contributed by atoms with Gasteiger partial charge in [0.25, 0.3) is 5.91 Å². The summed E-state index contributed by atoms with van der Waals surface area (Å²) < 4.78 is 1.78. The van der Waals surface area contributed by atoms with Crippen LogP contribution in [0.2, 0.25) is 0 Å². The summed E-state index contributed by atoms with van der Waals surface area (Å²) in [5, 5.41) is 13.2. The number of nitrogens with one attached hydrogen (secondary N) is 1. The molecule has 1 atom stereocenters. The molecule has 1 aliphatic carbocycles. The molecule has 5 heteroatoms. The van der Waals surface area contributed by atoms with Gasteiger partial charge in [0.05, 0.1) is 6.04 Å². The Morgan fingerprint density at radius 3 is 2.14 bits per heavy atom. The fraction of sp³-hybridized carbons (Fsp3) is 0.217. The third-order valence-corrected chi connectivity index (χ3v) is 5.98. The van der Waals surface area contributed by atoms with Gasteiger partial charge in [0, 0.05) is 24.7 Å². The second-order valence-corrected chi connectivity index (χ2v) is 7.44. The zero-order chi connectivity index (χ0) is 19.3. The molecule has 0 saturated heterocycles.